The number of carboxylic acid groups (broad SMARTS) is 1. The molecule has 3 N–H and O–H groups in total. The van der Waals surface area contributed by atoms with E-state index < -0.39 is 11.9 Å². The fourth-order valence-corrected chi connectivity index (χ4v) is 2.08. The molecule has 1 rings (SSSR count). The Morgan fingerprint density at radius 2 is 2.00 bits per heavy atom. The number of carboxylic acids is 1. The summed E-state index contributed by atoms with van der Waals surface area (Å²) >= 11 is 0. The molecule has 0 aromatic rings. The maximum absolute atomic E-state index is 11.9. The first-order valence-electron chi connectivity index (χ1n) is 6.00. The minimum absolute atomic E-state index is 0.0131. The molecule has 1 amide bonds. The van der Waals surface area contributed by atoms with Crippen molar-refractivity contribution in [1.29, 1.82) is 0 Å². The summed E-state index contributed by atoms with van der Waals surface area (Å²) in [5, 5.41) is 8.98. The Kier molecular flexibility index (Phi) is 4.14. The molecule has 0 spiro atoms. The van der Waals surface area contributed by atoms with Crippen molar-refractivity contribution in [3.05, 3.63) is 0 Å². The number of amides is 1. The van der Waals surface area contributed by atoms with E-state index in [0.717, 1.165) is 0 Å². The topological polar surface area (TPSA) is 83.6 Å². The van der Waals surface area contributed by atoms with Gasteiger partial charge in [0.05, 0.1) is 5.92 Å². The molecule has 0 saturated carbocycles. The van der Waals surface area contributed by atoms with Gasteiger partial charge in [-0.25, -0.2) is 0 Å². The summed E-state index contributed by atoms with van der Waals surface area (Å²) in [6.07, 6.45) is 1.01. The summed E-state index contributed by atoms with van der Waals surface area (Å²) in [6, 6.07) is 0. The molecular weight excluding hydrogens is 220 g/mol. The monoisotopic (exact) mass is 242 g/mol. The van der Waals surface area contributed by atoms with Gasteiger partial charge in [0.15, 0.2) is 0 Å². The first-order valence-corrected chi connectivity index (χ1v) is 6.00. The number of hydrogen-bond donors (Lipinski definition) is 2. The van der Waals surface area contributed by atoms with Gasteiger partial charge in [0.2, 0.25) is 5.91 Å². The van der Waals surface area contributed by atoms with Gasteiger partial charge in [0.1, 0.15) is 0 Å². The van der Waals surface area contributed by atoms with Crippen LogP contribution in [0.15, 0.2) is 0 Å². The van der Waals surface area contributed by atoms with Crippen molar-refractivity contribution in [3.8, 4) is 0 Å². The third kappa shape index (κ3) is 4.00. The molecule has 1 aliphatic rings. The lowest BCUT2D eigenvalue weighted by Crippen LogP contribution is -2.36. The van der Waals surface area contributed by atoms with Gasteiger partial charge in [-0.15, -0.1) is 0 Å². The van der Waals surface area contributed by atoms with Crippen LogP contribution in [0.25, 0.3) is 0 Å². The molecule has 0 bridgehead atoms. The van der Waals surface area contributed by atoms with E-state index >= 15 is 0 Å². The van der Waals surface area contributed by atoms with Gasteiger partial charge in [-0.05, 0) is 26.2 Å². The number of rotatable bonds is 4. The minimum Gasteiger partial charge on any atom is -0.481 e. The van der Waals surface area contributed by atoms with Gasteiger partial charge in [0, 0.05) is 25.0 Å². The number of aliphatic carboxylic acids is 1. The normalized spacial score (nSPS) is 25.1. The Balaban J connectivity index is 2.48. The summed E-state index contributed by atoms with van der Waals surface area (Å²) in [4.78, 5) is 24.5. The summed E-state index contributed by atoms with van der Waals surface area (Å²) in [5.74, 6) is -1.20. The average Bonchev–Trinajstić information content (AvgIpc) is 2.55. The van der Waals surface area contributed by atoms with Crippen LogP contribution in [0.2, 0.25) is 0 Å². The maximum Gasteiger partial charge on any atom is 0.308 e. The number of nitrogens with zero attached hydrogens (tertiary/aromatic N) is 1. The molecule has 5 nitrogen and oxygen atoms in total. The van der Waals surface area contributed by atoms with Crippen LogP contribution in [0.1, 0.15) is 33.6 Å². The molecule has 1 aliphatic heterocycles. The summed E-state index contributed by atoms with van der Waals surface area (Å²) in [5.41, 5.74) is 5.47. The van der Waals surface area contributed by atoms with Crippen molar-refractivity contribution in [2.24, 2.45) is 17.6 Å². The molecule has 0 radical (unpaired) electrons. The summed E-state index contributed by atoms with van der Waals surface area (Å²) in [6.45, 7) is 6.51. The van der Waals surface area contributed by atoms with E-state index in [1.807, 2.05) is 20.8 Å². The third-order valence-corrected chi connectivity index (χ3v) is 3.27. The Morgan fingerprint density at radius 1 is 1.41 bits per heavy atom. The lowest BCUT2D eigenvalue weighted by atomic mass is 9.99. The zero-order valence-corrected chi connectivity index (χ0v) is 10.8. The van der Waals surface area contributed by atoms with E-state index in [4.69, 9.17) is 10.8 Å². The largest absolute Gasteiger partial charge is 0.481 e. The van der Waals surface area contributed by atoms with E-state index in [2.05, 4.69) is 0 Å². The van der Waals surface area contributed by atoms with Gasteiger partial charge in [-0.1, -0.05) is 6.92 Å². The number of hydrogen-bond acceptors (Lipinski definition) is 3. The van der Waals surface area contributed by atoms with Gasteiger partial charge < -0.3 is 15.7 Å². The van der Waals surface area contributed by atoms with Crippen LogP contribution >= 0.6 is 0 Å². The molecule has 98 valence electrons. The lowest BCUT2D eigenvalue weighted by molar-refractivity contribution is -0.142. The van der Waals surface area contributed by atoms with Crippen LogP contribution in [0, 0.1) is 11.8 Å². The van der Waals surface area contributed by atoms with Gasteiger partial charge in [0.25, 0.3) is 0 Å². The average molecular weight is 242 g/mol. The molecule has 1 fully saturated rings. The van der Waals surface area contributed by atoms with Crippen LogP contribution in [-0.4, -0.2) is 40.5 Å². The number of carbonyl (C=O) groups is 2. The summed E-state index contributed by atoms with van der Waals surface area (Å²) < 4.78 is 0. The van der Waals surface area contributed by atoms with Gasteiger partial charge in [-0.3, -0.25) is 9.59 Å². The summed E-state index contributed by atoms with van der Waals surface area (Å²) in [7, 11) is 0. The zero-order valence-electron chi connectivity index (χ0n) is 10.8. The van der Waals surface area contributed by atoms with Gasteiger partial charge >= 0.3 is 5.97 Å². The van der Waals surface area contributed by atoms with Crippen molar-refractivity contribution in [2.75, 3.05) is 13.1 Å². The Morgan fingerprint density at radius 3 is 2.41 bits per heavy atom. The van der Waals surface area contributed by atoms with Gasteiger partial charge in [-0.2, -0.15) is 0 Å². The van der Waals surface area contributed by atoms with E-state index in [-0.39, 0.29) is 17.4 Å². The standard InChI is InChI=1S/C12H22N2O3/c1-8-6-14(7-9(8)11(16)17)10(15)4-5-12(2,3)13/h8-9H,4-7,13H2,1-3H3,(H,16,17). The molecule has 2 atom stereocenters. The van der Waals surface area contributed by atoms with Crippen molar-refractivity contribution in [1.82, 2.24) is 4.90 Å². The highest BCUT2D eigenvalue weighted by Gasteiger charge is 2.36. The second-order valence-corrected chi connectivity index (χ2v) is 5.71. The number of carbonyl (C=O) groups excluding carboxylic acids is 1. The van der Waals surface area contributed by atoms with E-state index in [9.17, 15) is 9.59 Å². The highest BCUT2D eigenvalue weighted by molar-refractivity contribution is 5.79. The van der Waals surface area contributed by atoms with Crippen LogP contribution in [0.5, 0.6) is 0 Å². The molecule has 0 aromatic heterocycles. The molecule has 1 heterocycles. The lowest BCUT2D eigenvalue weighted by Gasteiger charge is -2.21. The molecule has 0 aliphatic carbocycles. The van der Waals surface area contributed by atoms with Crippen molar-refractivity contribution in [2.45, 2.75) is 39.2 Å². The van der Waals surface area contributed by atoms with Crippen LogP contribution in [0.3, 0.4) is 0 Å². The third-order valence-electron chi connectivity index (χ3n) is 3.27. The highest BCUT2D eigenvalue weighted by Crippen LogP contribution is 2.24. The first kappa shape index (κ1) is 14.0. The molecular formula is C12H22N2O3. The molecule has 1 saturated heterocycles. The van der Waals surface area contributed by atoms with Crippen LogP contribution in [-0.2, 0) is 9.59 Å². The van der Waals surface area contributed by atoms with E-state index in [0.29, 0.717) is 25.9 Å². The Labute approximate surface area is 102 Å². The van der Waals surface area contributed by atoms with Crippen molar-refractivity contribution < 1.29 is 14.7 Å². The van der Waals surface area contributed by atoms with Crippen molar-refractivity contribution in [3.63, 3.8) is 0 Å². The maximum atomic E-state index is 11.9. The molecule has 0 aromatic carbocycles. The first-order chi connectivity index (χ1) is 7.70. The SMILES string of the molecule is CC1CN(C(=O)CCC(C)(C)N)CC1C(=O)O. The second kappa shape index (κ2) is 5.04. The predicted octanol–water partition coefficient (Wildman–Crippen LogP) is 0.683. The van der Waals surface area contributed by atoms with Crippen molar-refractivity contribution >= 4 is 11.9 Å². The molecule has 5 heteroatoms. The fraction of sp³-hybridized carbons (Fsp3) is 0.833. The Bertz CT molecular complexity index is 309. The predicted molar refractivity (Wildman–Crippen MR) is 64.4 cm³/mol. The van der Waals surface area contributed by atoms with Crippen LogP contribution in [0.4, 0.5) is 0 Å². The molecule has 2 unspecified atom stereocenters. The van der Waals surface area contributed by atoms with E-state index in [1.165, 1.54) is 0 Å². The smallest absolute Gasteiger partial charge is 0.308 e. The van der Waals surface area contributed by atoms with Crippen LogP contribution < -0.4 is 5.73 Å². The highest BCUT2D eigenvalue weighted by atomic mass is 16.4. The number of likely N-dealkylation sites (tertiary alicyclic amines) is 1. The quantitative estimate of drug-likeness (QED) is 0.759. The van der Waals surface area contributed by atoms with E-state index in [1.54, 1.807) is 4.90 Å². The minimum atomic E-state index is -0.813. The second-order valence-electron chi connectivity index (χ2n) is 5.71. The fourth-order valence-electron chi connectivity index (χ4n) is 2.08. The zero-order chi connectivity index (χ0) is 13.2. The Hall–Kier alpha value is -1.10. The number of nitrogens with two attached hydrogens (primary N) is 1. The molecule has 17 heavy (non-hydrogen) atoms.